The van der Waals surface area contributed by atoms with Crippen molar-refractivity contribution in [1.82, 2.24) is 15.3 Å². The van der Waals surface area contributed by atoms with E-state index in [0.717, 1.165) is 0 Å². The zero-order chi connectivity index (χ0) is 13.6. The zero-order valence-corrected chi connectivity index (χ0v) is 11.2. The molecule has 1 heterocycles. The number of hydrogen-bond acceptors (Lipinski definition) is 5. The minimum absolute atomic E-state index is 0.243. The van der Waals surface area contributed by atoms with Gasteiger partial charge in [0.25, 0.3) is 0 Å². The maximum absolute atomic E-state index is 11.5. The molecule has 0 aliphatic carbocycles. The van der Waals surface area contributed by atoms with E-state index in [4.69, 9.17) is 9.47 Å². The van der Waals surface area contributed by atoms with Crippen molar-refractivity contribution in [2.75, 3.05) is 6.61 Å². The lowest BCUT2D eigenvalue weighted by Crippen LogP contribution is -2.32. The van der Waals surface area contributed by atoms with Crippen LogP contribution in [0.15, 0.2) is 12.5 Å². The third kappa shape index (κ3) is 4.99. The first-order valence-electron chi connectivity index (χ1n) is 5.81. The van der Waals surface area contributed by atoms with Crippen molar-refractivity contribution in [3.05, 3.63) is 18.2 Å². The number of alkyl carbamates (subject to hydrolysis) is 1. The molecule has 18 heavy (non-hydrogen) atoms. The van der Waals surface area contributed by atoms with Crippen LogP contribution in [0.5, 0.6) is 5.75 Å². The third-order valence-electron chi connectivity index (χ3n) is 1.86. The van der Waals surface area contributed by atoms with Crippen LogP contribution in [0.1, 0.15) is 33.4 Å². The number of hydrogen-bond donors (Lipinski definition) is 1. The van der Waals surface area contributed by atoms with E-state index in [-0.39, 0.29) is 6.54 Å². The Morgan fingerprint density at radius 1 is 1.44 bits per heavy atom. The van der Waals surface area contributed by atoms with E-state index in [1.54, 1.807) is 6.20 Å². The first kappa shape index (κ1) is 14.2. The van der Waals surface area contributed by atoms with E-state index in [1.807, 2.05) is 27.7 Å². The van der Waals surface area contributed by atoms with Gasteiger partial charge in [0.2, 0.25) is 0 Å². The fraction of sp³-hybridized carbons (Fsp3) is 0.583. The van der Waals surface area contributed by atoms with Gasteiger partial charge in [-0.25, -0.2) is 14.8 Å². The second-order valence-corrected chi connectivity index (χ2v) is 4.62. The fourth-order valence-corrected chi connectivity index (χ4v) is 1.22. The Morgan fingerprint density at radius 2 is 2.17 bits per heavy atom. The monoisotopic (exact) mass is 253 g/mol. The molecule has 0 radical (unpaired) electrons. The third-order valence-corrected chi connectivity index (χ3v) is 1.86. The predicted octanol–water partition coefficient (Wildman–Crippen LogP) is 1.90. The summed E-state index contributed by atoms with van der Waals surface area (Å²) in [6.07, 6.45) is 2.50. The van der Waals surface area contributed by atoms with Crippen molar-refractivity contribution in [3.63, 3.8) is 0 Å². The Balaban J connectivity index is 2.55. The molecule has 0 bridgehead atoms. The maximum Gasteiger partial charge on any atom is 0.407 e. The van der Waals surface area contributed by atoms with E-state index in [2.05, 4.69) is 15.3 Å². The van der Waals surface area contributed by atoms with Gasteiger partial charge in [-0.05, 0) is 27.7 Å². The average molecular weight is 253 g/mol. The van der Waals surface area contributed by atoms with Crippen LogP contribution in [0, 0.1) is 0 Å². The molecule has 1 aromatic rings. The highest BCUT2D eigenvalue weighted by atomic mass is 16.6. The summed E-state index contributed by atoms with van der Waals surface area (Å²) in [5.74, 6) is 0.566. The number of rotatable bonds is 4. The molecule has 0 saturated carbocycles. The van der Waals surface area contributed by atoms with Crippen LogP contribution in [-0.4, -0.2) is 28.3 Å². The summed E-state index contributed by atoms with van der Waals surface area (Å²) in [6, 6.07) is 0. The number of carbonyl (C=O) groups is 1. The van der Waals surface area contributed by atoms with Crippen molar-refractivity contribution in [3.8, 4) is 5.75 Å². The van der Waals surface area contributed by atoms with Crippen LogP contribution < -0.4 is 10.1 Å². The first-order chi connectivity index (χ1) is 8.42. The molecule has 1 aromatic heterocycles. The predicted molar refractivity (Wildman–Crippen MR) is 66.3 cm³/mol. The quantitative estimate of drug-likeness (QED) is 0.887. The number of aromatic nitrogens is 2. The van der Waals surface area contributed by atoms with Gasteiger partial charge in [0.1, 0.15) is 17.6 Å². The van der Waals surface area contributed by atoms with Gasteiger partial charge in [0, 0.05) is 0 Å². The number of amides is 1. The second-order valence-electron chi connectivity index (χ2n) is 4.62. The molecule has 6 heteroatoms. The lowest BCUT2D eigenvalue weighted by molar-refractivity contribution is 0.0522. The summed E-state index contributed by atoms with van der Waals surface area (Å²) < 4.78 is 10.5. The van der Waals surface area contributed by atoms with Gasteiger partial charge in [-0.2, -0.15) is 0 Å². The molecule has 0 fully saturated rings. The van der Waals surface area contributed by atoms with E-state index >= 15 is 0 Å². The molecule has 1 N–H and O–H groups in total. The van der Waals surface area contributed by atoms with Crippen molar-refractivity contribution < 1.29 is 14.3 Å². The normalized spacial score (nSPS) is 10.9. The Kier molecular flexibility index (Phi) is 4.88. The maximum atomic E-state index is 11.5. The topological polar surface area (TPSA) is 73.3 Å². The van der Waals surface area contributed by atoms with Gasteiger partial charge in [0.15, 0.2) is 5.75 Å². The van der Waals surface area contributed by atoms with Crippen LogP contribution in [0.25, 0.3) is 0 Å². The second kappa shape index (κ2) is 6.18. The molecule has 1 amide bonds. The van der Waals surface area contributed by atoms with Crippen LogP contribution >= 0.6 is 0 Å². The summed E-state index contributed by atoms with van der Waals surface area (Å²) in [5, 5.41) is 2.62. The molecule has 0 unspecified atom stereocenters. The highest BCUT2D eigenvalue weighted by Crippen LogP contribution is 2.13. The number of nitrogens with one attached hydrogen (secondary N) is 1. The minimum Gasteiger partial charge on any atom is -0.490 e. The molecule has 0 aliphatic heterocycles. The SMILES string of the molecule is CCOc1cncnc1CNC(=O)OC(C)(C)C. The summed E-state index contributed by atoms with van der Waals surface area (Å²) >= 11 is 0. The summed E-state index contributed by atoms with van der Waals surface area (Å²) in [4.78, 5) is 19.4. The Hall–Kier alpha value is -1.85. The summed E-state index contributed by atoms with van der Waals surface area (Å²) in [6.45, 7) is 8.06. The molecular weight excluding hydrogens is 234 g/mol. The lowest BCUT2D eigenvalue weighted by Gasteiger charge is -2.19. The Morgan fingerprint density at radius 3 is 2.78 bits per heavy atom. The highest BCUT2D eigenvalue weighted by molar-refractivity contribution is 5.67. The van der Waals surface area contributed by atoms with E-state index < -0.39 is 11.7 Å². The fourth-order valence-electron chi connectivity index (χ4n) is 1.22. The minimum atomic E-state index is -0.515. The zero-order valence-electron chi connectivity index (χ0n) is 11.2. The van der Waals surface area contributed by atoms with Crippen LogP contribution in [-0.2, 0) is 11.3 Å². The average Bonchev–Trinajstić information content (AvgIpc) is 2.26. The molecule has 0 aromatic carbocycles. The molecular formula is C12H19N3O3. The van der Waals surface area contributed by atoms with Crippen molar-refractivity contribution in [2.24, 2.45) is 0 Å². The number of nitrogens with zero attached hydrogens (tertiary/aromatic N) is 2. The van der Waals surface area contributed by atoms with Gasteiger partial charge in [-0.1, -0.05) is 0 Å². The van der Waals surface area contributed by atoms with Gasteiger partial charge < -0.3 is 14.8 Å². The van der Waals surface area contributed by atoms with Gasteiger partial charge in [-0.15, -0.1) is 0 Å². The summed E-state index contributed by atoms with van der Waals surface area (Å²) in [7, 11) is 0. The molecule has 0 saturated heterocycles. The molecule has 0 aliphatic rings. The van der Waals surface area contributed by atoms with Crippen molar-refractivity contribution in [1.29, 1.82) is 0 Å². The van der Waals surface area contributed by atoms with Gasteiger partial charge in [0.05, 0.1) is 19.3 Å². The number of carbonyl (C=O) groups excluding carboxylic acids is 1. The van der Waals surface area contributed by atoms with Crippen molar-refractivity contribution in [2.45, 2.75) is 39.8 Å². The number of ether oxygens (including phenoxy) is 2. The van der Waals surface area contributed by atoms with Crippen molar-refractivity contribution >= 4 is 6.09 Å². The van der Waals surface area contributed by atoms with Crippen LogP contribution in [0.3, 0.4) is 0 Å². The van der Waals surface area contributed by atoms with Gasteiger partial charge >= 0.3 is 6.09 Å². The largest absolute Gasteiger partial charge is 0.490 e. The Labute approximate surface area is 107 Å². The molecule has 100 valence electrons. The lowest BCUT2D eigenvalue weighted by atomic mass is 10.2. The molecule has 0 atom stereocenters. The first-order valence-corrected chi connectivity index (χ1v) is 5.81. The standard InChI is InChI=1S/C12H19N3O3/c1-5-17-10-7-13-8-15-9(10)6-14-11(16)18-12(2,3)4/h7-8H,5-6H2,1-4H3,(H,14,16). The van der Waals surface area contributed by atoms with Gasteiger partial charge in [-0.3, -0.25) is 0 Å². The molecule has 6 nitrogen and oxygen atoms in total. The molecule has 0 spiro atoms. The van der Waals surface area contributed by atoms with Crippen LogP contribution in [0.2, 0.25) is 0 Å². The Bertz CT molecular complexity index is 402. The smallest absolute Gasteiger partial charge is 0.407 e. The summed E-state index contributed by atoms with van der Waals surface area (Å²) in [5.41, 5.74) is 0.108. The van der Waals surface area contributed by atoms with E-state index in [1.165, 1.54) is 6.33 Å². The molecule has 1 rings (SSSR count). The highest BCUT2D eigenvalue weighted by Gasteiger charge is 2.16. The van der Waals surface area contributed by atoms with Crippen LogP contribution in [0.4, 0.5) is 4.79 Å². The van der Waals surface area contributed by atoms with E-state index in [9.17, 15) is 4.79 Å². The van der Waals surface area contributed by atoms with E-state index in [0.29, 0.717) is 18.1 Å².